The molecule has 3 rings (SSSR count). The number of nitrogens with one attached hydrogen (secondary N) is 1. The number of carbonyl (C=O) groups excluding carboxylic acids is 1. The third kappa shape index (κ3) is 3.28. The molecule has 0 atom stereocenters. The van der Waals surface area contributed by atoms with Crippen molar-refractivity contribution in [1.82, 2.24) is 14.7 Å². The molecule has 2 aromatic heterocycles. The Morgan fingerprint density at radius 3 is 3.05 bits per heavy atom. The van der Waals surface area contributed by atoms with Crippen molar-refractivity contribution in [2.24, 2.45) is 0 Å². The smallest absolute Gasteiger partial charge is 0.258 e. The van der Waals surface area contributed by atoms with Crippen LogP contribution in [0.15, 0.2) is 36.0 Å². The number of ether oxygens (including phenoxy) is 1. The topological polar surface area (TPSA) is 55.6 Å². The standard InChI is InChI=1S/C16H17N3O2S/c1-11-3-4-14(12(2)7-11)21-10-15(20)17-8-13-9-19-5-6-22-16(19)18-13/h3-7,9H,8,10H2,1-2H3,(H,17,20). The first-order valence-electron chi connectivity index (χ1n) is 6.99. The normalized spacial score (nSPS) is 10.8. The summed E-state index contributed by atoms with van der Waals surface area (Å²) in [4.78, 5) is 17.2. The summed E-state index contributed by atoms with van der Waals surface area (Å²) in [7, 11) is 0. The maximum atomic E-state index is 11.9. The van der Waals surface area contributed by atoms with Gasteiger partial charge in [0.2, 0.25) is 0 Å². The fourth-order valence-corrected chi connectivity index (χ4v) is 2.92. The fourth-order valence-electron chi connectivity index (χ4n) is 2.21. The summed E-state index contributed by atoms with van der Waals surface area (Å²) in [6.45, 7) is 4.41. The van der Waals surface area contributed by atoms with Crippen LogP contribution in [0.1, 0.15) is 16.8 Å². The van der Waals surface area contributed by atoms with E-state index in [2.05, 4.69) is 10.3 Å². The number of nitrogens with zero attached hydrogens (tertiary/aromatic N) is 2. The SMILES string of the molecule is Cc1ccc(OCC(=O)NCc2cn3ccsc3n2)c(C)c1. The van der Waals surface area contributed by atoms with Crippen LogP contribution in [0.5, 0.6) is 5.75 Å². The van der Waals surface area contributed by atoms with Crippen LogP contribution in [0.2, 0.25) is 0 Å². The molecule has 1 amide bonds. The van der Waals surface area contributed by atoms with E-state index in [1.807, 2.05) is 54.2 Å². The first kappa shape index (κ1) is 14.6. The number of aryl methyl sites for hydroxylation is 2. The van der Waals surface area contributed by atoms with Crippen LogP contribution in [-0.2, 0) is 11.3 Å². The maximum Gasteiger partial charge on any atom is 0.258 e. The van der Waals surface area contributed by atoms with Gasteiger partial charge in [0, 0.05) is 17.8 Å². The van der Waals surface area contributed by atoms with Crippen molar-refractivity contribution in [3.05, 3.63) is 52.8 Å². The van der Waals surface area contributed by atoms with Gasteiger partial charge in [-0.2, -0.15) is 0 Å². The Labute approximate surface area is 132 Å². The van der Waals surface area contributed by atoms with Crippen molar-refractivity contribution in [2.45, 2.75) is 20.4 Å². The van der Waals surface area contributed by atoms with Gasteiger partial charge in [0.1, 0.15) is 5.75 Å². The van der Waals surface area contributed by atoms with E-state index in [9.17, 15) is 4.79 Å². The number of carbonyl (C=O) groups is 1. The fraction of sp³-hybridized carbons (Fsp3) is 0.250. The van der Waals surface area contributed by atoms with Gasteiger partial charge in [0.05, 0.1) is 12.2 Å². The molecule has 0 saturated carbocycles. The Balaban J connectivity index is 1.51. The molecule has 0 aliphatic heterocycles. The van der Waals surface area contributed by atoms with Crippen LogP contribution in [-0.4, -0.2) is 21.9 Å². The molecule has 2 heterocycles. The number of rotatable bonds is 5. The molecule has 0 spiro atoms. The number of thiazole rings is 1. The third-order valence-corrected chi connectivity index (χ3v) is 4.07. The molecule has 0 radical (unpaired) electrons. The van der Waals surface area contributed by atoms with Crippen LogP contribution in [0.25, 0.3) is 4.96 Å². The van der Waals surface area contributed by atoms with Crippen LogP contribution < -0.4 is 10.1 Å². The Morgan fingerprint density at radius 2 is 2.27 bits per heavy atom. The minimum Gasteiger partial charge on any atom is -0.484 e. The largest absolute Gasteiger partial charge is 0.484 e. The van der Waals surface area contributed by atoms with Gasteiger partial charge in [-0.05, 0) is 25.5 Å². The zero-order chi connectivity index (χ0) is 15.5. The molecule has 3 aromatic rings. The molecule has 22 heavy (non-hydrogen) atoms. The number of benzene rings is 1. The number of hydrogen-bond acceptors (Lipinski definition) is 4. The average Bonchev–Trinajstić information content (AvgIpc) is 3.05. The van der Waals surface area contributed by atoms with E-state index < -0.39 is 0 Å². The zero-order valence-electron chi connectivity index (χ0n) is 12.5. The van der Waals surface area contributed by atoms with E-state index in [0.717, 1.165) is 22.0 Å². The highest BCUT2D eigenvalue weighted by atomic mass is 32.1. The molecule has 0 aliphatic carbocycles. The summed E-state index contributed by atoms with van der Waals surface area (Å²) in [5.41, 5.74) is 3.04. The van der Waals surface area contributed by atoms with Gasteiger partial charge in [0.25, 0.3) is 5.91 Å². The molecule has 114 valence electrons. The highest BCUT2D eigenvalue weighted by molar-refractivity contribution is 7.15. The lowest BCUT2D eigenvalue weighted by Gasteiger charge is -2.09. The van der Waals surface area contributed by atoms with Crippen molar-refractivity contribution in [3.63, 3.8) is 0 Å². The monoisotopic (exact) mass is 315 g/mol. The van der Waals surface area contributed by atoms with Gasteiger partial charge in [-0.3, -0.25) is 9.20 Å². The molecule has 1 aromatic carbocycles. The molecular weight excluding hydrogens is 298 g/mol. The van der Waals surface area contributed by atoms with Crippen molar-refractivity contribution >= 4 is 22.2 Å². The van der Waals surface area contributed by atoms with E-state index >= 15 is 0 Å². The van der Waals surface area contributed by atoms with E-state index in [-0.39, 0.29) is 12.5 Å². The van der Waals surface area contributed by atoms with Crippen molar-refractivity contribution in [1.29, 1.82) is 0 Å². The first-order chi connectivity index (χ1) is 10.6. The number of imidazole rings is 1. The molecule has 6 heteroatoms. The Bertz CT molecular complexity index is 778. The van der Waals surface area contributed by atoms with Crippen molar-refractivity contribution < 1.29 is 9.53 Å². The quantitative estimate of drug-likeness (QED) is 0.787. The second kappa shape index (κ2) is 6.19. The highest BCUT2D eigenvalue weighted by Gasteiger charge is 2.07. The van der Waals surface area contributed by atoms with Gasteiger partial charge in [-0.15, -0.1) is 11.3 Å². The van der Waals surface area contributed by atoms with Crippen molar-refractivity contribution in [3.8, 4) is 5.75 Å². The molecule has 0 bridgehead atoms. The van der Waals surface area contributed by atoms with Gasteiger partial charge < -0.3 is 10.1 Å². The summed E-state index contributed by atoms with van der Waals surface area (Å²) in [6.07, 6.45) is 3.86. The molecule has 0 saturated heterocycles. The molecule has 1 N–H and O–H groups in total. The Morgan fingerprint density at radius 1 is 1.41 bits per heavy atom. The van der Waals surface area contributed by atoms with Gasteiger partial charge in [0.15, 0.2) is 11.6 Å². The summed E-state index contributed by atoms with van der Waals surface area (Å²) < 4.78 is 7.49. The van der Waals surface area contributed by atoms with E-state index in [1.54, 1.807) is 11.3 Å². The Hall–Kier alpha value is -2.34. The second-order valence-electron chi connectivity index (χ2n) is 5.16. The first-order valence-corrected chi connectivity index (χ1v) is 7.87. The minimum atomic E-state index is -0.156. The minimum absolute atomic E-state index is 0.00607. The van der Waals surface area contributed by atoms with E-state index in [4.69, 9.17) is 4.74 Å². The van der Waals surface area contributed by atoms with E-state index in [0.29, 0.717) is 6.54 Å². The molecule has 0 aliphatic rings. The van der Waals surface area contributed by atoms with Gasteiger partial charge in [-0.25, -0.2) is 4.98 Å². The van der Waals surface area contributed by atoms with Crippen LogP contribution in [0, 0.1) is 13.8 Å². The lowest BCUT2D eigenvalue weighted by Crippen LogP contribution is -2.28. The second-order valence-corrected chi connectivity index (χ2v) is 6.03. The van der Waals surface area contributed by atoms with Crippen LogP contribution in [0.4, 0.5) is 0 Å². The molecule has 5 nitrogen and oxygen atoms in total. The summed E-state index contributed by atoms with van der Waals surface area (Å²) >= 11 is 1.57. The highest BCUT2D eigenvalue weighted by Crippen LogP contribution is 2.18. The number of hydrogen-bond donors (Lipinski definition) is 1. The van der Waals surface area contributed by atoms with E-state index in [1.165, 1.54) is 5.56 Å². The summed E-state index contributed by atoms with van der Waals surface area (Å²) in [5, 5.41) is 4.79. The number of aromatic nitrogens is 2. The van der Waals surface area contributed by atoms with Crippen molar-refractivity contribution in [2.75, 3.05) is 6.61 Å². The summed E-state index contributed by atoms with van der Waals surface area (Å²) in [6, 6.07) is 5.89. The molecular formula is C16H17N3O2S. The molecule has 0 unspecified atom stereocenters. The lowest BCUT2D eigenvalue weighted by atomic mass is 10.1. The average molecular weight is 315 g/mol. The lowest BCUT2D eigenvalue weighted by molar-refractivity contribution is -0.123. The van der Waals surface area contributed by atoms with Gasteiger partial charge >= 0.3 is 0 Å². The summed E-state index contributed by atoms with van der Waals surface area (Å²) in [5.74, 6) is 0.583. The number of amides is 1. The van der Waals surface area contributed by atoms with Crippen LogP contribution in [0.3, 0.4) is 0 Å². The van der Waals surface area contributed by atoms with Gasteiger partial charge in [-0.1, -0.05) is 17.7 Å². The predicted molar refractivity (Wildman–Crippen MR) is 86.3 cm³/mol. The Kier molecular flexibility index (Phi) is 4.11. The molecule has 0 fully saturated rings. The predicted octanol–water partition coefficient (Wildman–Crippen LogP) is 2.71. The maximum absolute atomic E-state index is 11.9. The third-order valence-electron chi connectivity index (χ3n) is 3.30. The zero-order valence-corrected chi connectivity index (χ0v) is 13.3. The van der Waals surface area contributed by atoms with Crippen LogP contribution >= 0.6 is 11.3 Å². The number of fused-ring (bicyclic) bond motifs is 1.